The molecule has 6 nitrogen and oxygen atoms in total. The Hall–Kier alpha value is -1.24. The van der Waals surface area contributed by atoms with Gasteiger partial charge in [-0.05, 0) is 26.2 Å². The Bertz CT molecular complexity index is 520. The number of amides is 2. The number of nitrogens with zero attached hydrogens (tertiary/aromatic N) is 2. The Morgan fingerprint density at radius 2 is 1.87 bits per heavy atom. The molecule has 3 fully saturated rings. The molecule has 2 amide bonds. The molecule has 0 spiro atoms. The second-order valence-corrected chi connectivity index (χ2v) is 8.18. The molecule has 1 saturated carbocycles. The second-order valence-electron chi connectivity index (χ2n) is 7.18. The van der Waals surface area contributed by atoms with Gasteiger partial charge in [-0.2, -0.15) is 0 Å². The summed E-state index contributed by atoms with van der Waals surface area (Å²) in [6.07, 6.45) is 4.53. The highest BCUT2D eigenvalue weighted by Gasteiger charge is 2.46. The quantitative estimate of drug-likeness (QED) is 0.840. The third-order valence-electron chi connectivity index (χ3n) is 5.46. The number of carbonyl (C=O) groups is 3. The molecule has 7 heteroatoms. The summed E-state index contributed by atoms with van der Waals surface area (Å²) in [6, 6.07) is -0.413. The topological polar surface area (TPSA) is 77.9 Å². The molecule has 0 radical (unpaired) electrons. The summed E-state index contributed by atoms with van der Waals surface area (Å²) in [5, 5.41) is 9.31. The lowest BCUT2D eigenvalue weighted by Crippen LogP contribution is -2.50. The summed E-state index contributed by atoms with van der Waals surface area (Å²) in [6.45, 7) is 2.40. The van der Waals surface area contributed by atoms with Crippen molar-refractivity contribution in [2.24, 2.45) is 11.3 Å². The summed E-state index contributed by atoms with van der Waals surface area (Å²) in [5.74, 6) is 0.463. The summed E-state index contributed by atoms with van der Waals surface area (Å²) in [7, 11) is 0. The van der Waals surface area contributed by atoms with Crippen LogP contribution < -0.4 is 0 Å². The largest absolute Gasteiger partial charge is 0.481 e. The van der Waals surface area contributed by atoms with E-state index in [0.717, 1.165) is 25.7 Å². The van der Waals surface area contributed by atoms with E-state index in [1.165, 1.54) is 0 Å². The van der Waals surface area contributed by atoms with Crippen LogP contribution in [0.25, 0.3) is 0 Å². The number of thioether (sulfide) groups is 1. The van der Waals surface area contributed by atoms with Crippen molar-refractivity contribution >= 4 is 29.5 Å². The Balaban J connectivity index is 1.67. The van der Waals surface area contributed by atoms with Gasteiger partial charge in [0.1, 0.15) is 6.04 Å². The summed E-state index contributed by atoms with van der Waals surface area (Å²) in [4.78, 5) is 40.2. The molecule has 0 bridgehead atoms. The van der Waals surface area contributed by atoms with Gasteiger partial charge in [0.25, 0.3) is 0 Å². The lowest BCUT2D eigenvalue weighted by molar-refractivity contribution is -0.149. The van der Waals surface area contributed by atoms with Crippen molar-refractivity contribution in [3.05, 3.63) is 0 Å². The normalized spacial score (nSPS) is 31.8. The van der Waals surface area contributed by atoms with Gasteiger partial charge in [0, 0.05) is 24.8 Å². The van der Waals surface area contributed by atoms with E-state index in [4.69, 9.17) is 0 Å². The SMILES string of the molecule is CC1(C(=O)O)CCN(C(=O)C2CSCN2C(=O)C2CCCC2)C1. The van der Waals surface area contributed by atoms with Crippen molar-refractivity contribution in [1.29, 1.82) is 0 Å². The lowest BCUT2D eigenvalue weighted by atomic mass is 9.90. The van der Waals surface area contributed by atoms with E-state index in [1.54, 1.807) is 28.5 Å². The van der Waals surface area contributed by atoms with Crippen LogP contribution in [-0.4, -0.2) is 63.5 Å². The minimum absolute atomic E-state index is 0.0758. The molecule has 0 aromatic rings. The van der Waals surface area contributed by atoms with E-state index in [-0.39, 0.29) is 24.3 Å². The van der Waals surface area contributed by atoms with Crippen molar-refractivity contribution in [3.63, 3.8) is 0 Å². The van der Waals surface area contributed by atoms with Crippen molar-refractivity contribution in [2.75, 3.05) is 24.7 Å². The van der Waals surface area contributed by atoms with Gasteiger partial charge in [-0.3, -0.25) is 14.4 Å². The fourth-order valence-corrected chi connectivity index (χ4v) is 4.96. The molecule has 1 aliphatic carbocycles. The van der Waals surface area contributed by atoms with Crippen LogP contribution in [0, 0.1) is 11.3 Å². The molecular weight excluding hydrogens is 316 g/mol. The third-order valence-corrected chi connectivity index (χ3v) is 6.47. The first-order valence-corrected chi connectivity index (χ1v) is 9.48. The van der Waals surface area contributed by atoms with Gasteiger partial charge in [0.2, 0.25) is 11.8 Å². The van der Waals surface area contributed by atoms with E-state index < -0.39 is 17.4 Å². The maximum Gasteiger partial charge on any atom is 0.311 e. The minimum atomic E-state index is -0.859. The van der Waals surface area contributed by atoms with Crippen LogP contribution in [-0.2, 0) is 14.4 Å². The van der Waals surface area contributed by atoms with Gasteiger partial charge < -0.3 is 14.9 Å². The number of carboxylic acids is 1. The van der Waals surface area contributed by atoms with Crippen molar-refractivity contribution in [1.82, 2.24) is 9.80 Å². The predicted octanol–water partition coefficient (Wildman–Crippen LogP) is 1.40. The van der Waals surface area contributed by atoms with Crippen LogP contribution in [0.3, 0.4) is 0 Å². The zero-order valence-corrected chi connectivity index (χ0v) is 14.3. The highest BCUT2D eigenvalue weighted by Crippen LogP contribution is 2.34. The zero-order chi connectivity index (χ0) is 16.6. The second kappa shape index (κ2) is 6.34. The van der Waals surface area contributed by atoms with E-state index in [9.17, 15) is 19.5 Å². The molecule has 128 valence electrons. The Morgan fingerprint density at radius 3 is 2.48 bits per heavy atom. The number of aliphatic carboxylic acids is 1. The Kier molecular flexibility index (Phi) is 4.58. The summed E-state index contributed by atoms with van der Waals surface area (Å²) in [5.41, 5.74) is -0.859. The predicted molar refractivity (Wildman–Crippen MR) is 86.9 cm³/mol. The van der Waals surface area contributed by atoms with Gasteiger partial charge in [0.05, 0.1) is 11.3 Å². The van der Waals surface area contributed by atoms with Gasteiger partial charge in [-0.25, -0.2) is 0 Å². The Morgan fingerprint density at radius 1 is 1.17 bits per heavy atom. The number of hydrogen-bond donors (Lipinski definition) is 1. The molecule has 2 saturated heterocycles. The first-order chi connectivity index (χ1) is 10.9. The Labute approximate surface area is 140 Å². The maximum atomic E-state index is 12.8. The van der Waals surface area contributed by atoms with E-state index >= 15 is 0 Å². The number of likely N-dealkylation sites (tertiary alicyclic amines) is 1. The van der Waals surface area contributed by atoms with E-state index in [0.29, 0.717) is 24.6 Å². The van der Waals surface area contributed by atoms with E-state index in [1.807, 2.05) is 0 Å². The number of hydrogen-bond acceptors (Lipinski definition) is 4. The lowest BCUT2D eigenvalue weighted by Gasteiger charge is -2.29. The molecule has 2 unspecified atom stereocenters. The fourth-order valence-electron chi connectivity index (χ4n) is 3.81. The van der Waals surface area contributed by atoms with Crippen LogP contribution in [0.1, 0.15) is 39.0 Å². The number of carbonyl (C=O) groups excluding carboxylic acids is 2. The molecule has 0 aromatic heterocycles. The number of carboxylic acid groups (broad SMARTS) is 1. The van der Waals surface area contributed by atoms with Gasteiger partial charge in [0.15, 0.2) is 0 Å². The van der Waals surface area contributed by atoms with E-state index in [2.05, 4.69) is 0 Å². The van der Waals surface area contributed by atoms with Crippen LogP contribution >= 0.6 is 11.8 Å². The van der Waals surface area contributed by atoms with Gasteiger partial charge in [-0.1, -0.05) is 12.8 Å². The van der Waals surface area contributed by atoms with Crippen LogP contribution in [0.15, 0.2) is 0 Å². The number of rotatable bonds is 3. The molecule has 3 aliphatic rings. The fraction of sp³-hybridized carbons (Fsp3) is 0.812. The standard InChI is InChI=1S/C16H24N2O4S/c1-16(15(21)22)6-7-17(9-16)14(20)12-8-23-10-18(12)13(19)11-4-2-3-5-11/h11-12H,2-10H2,1H3,(H,21,22). The van der Waals surface area contributed by atoms with Crippen molar-refractivity contribution < 1.29 is 19.5 Å². The molecule has 2 atom stereocenters. The average Bonchev–Trinajstić information content (AvgIpc) is 3.26. The summed E-state index contributed by atoms with van der Waals surface area (Å²) >= 11 is 1.61. The van der Waals surface area contributed by atoms with Crippen molar-refractivity contribution in [3.8, 4) is 0 Å². The minimum Gasteiger partial charge on any atom is -0.481 e. The first kappa shape index (κ1) is 16.6. The molecule has 0 aromatic carbocycles. The smallest absolute Gasteiger partial charge is 0.311 e. The molecule has 2 heterocycles. The highest BCUT2D eigenvalue weighted by atomic mass is 32.2. The molecule has 23 heavy (non-hydrogen) atoms. The maximum absolute atomic E-state index is 12.8. The average molecular weight is 340 g/mol. The first-order valence-electron chi connectivity index (χ1n) is 8.33. The zero-order valence-electron chi connectivity index (χ0n) is 13.5. The molecule has 3 rings (SSSR count). The molecule has 2 aliphatic heterocycles. The van der Waals surface area contributed by atoms with Gasteiger partial charge in [-0.15, -0.1) is 11.8 Å². The molecular formula is C16H24N2O4S. The van der Waals surface area contributed by atoms with Crippen LogP contribution in [0.5, 0.6) is 0 Å². The van der Waals surface area contributed by atoms with Gasteiger partial charge >= 0.3 is 5.97 Å². The van der Waals surface area contributed by atoms with Crippen LogP contribution in [0.2, 0.25) is 0 Å². The summed E-state index contributed by atoms with van der Waals surface area (Å²) < 4.78 is 0. The molecule has 1 N–H and O–H groups in total. The third kappa shape index (κ3) is 3.07. The van der Waals surface area contributed by atoms with Crippen molar-refractivity contribution in [2.45, 2.75) is 45.1 Å². The highest BCUT2D eigenvalue weighted by molar-refractivity contribution is 7.99. The monoisotopic (exact) mass is 340 g/mol. The van der Waals surface area contributed by atoms with Crippen LogP contribution in [0.4, 0.5) is 0 Å².